The van der Waals surface area contributed by atoms with Crippen LogP contribution in [0.5, 0.6) is 0 Å². The largest absolute Gasteiger partial charge is 0.368 e. The first kappa shape index (κ1) is 17.8. The van der Waals surface area contributed by atoms with Gasteiger partial charge in [-0.2, -0.15) is 0 Å². The molecule has 4 aromatic rings. The molecular weight excluding hydrogens is 357 g/mol. The van der Waals surface area contributed by atoms with Crippen molar-refractivity contribution in [2.75, 3.05) is 5.73 Å². The zero-order valence-corrected chi connectivity index (χ0v) is 15.3. The number of nitrogens with two attached hydrogens (primary N) is 1. The number of carbonyl (C=O) groups excluding carboxylic acids is 1. The number of hydrogen-bond acceptors (Lipinski definition) is 5. The molecule has 2 N–H and O–H groups in total. The molecule has 3 aromatic heterocycles. The van der Waals surface area contributed by atoms with Gasteiger partial charge in [-0.3, -0.25) is 14.2 Å². The number of nitrogens with zero attached hydrogens (tertiary/aromatic N) is 4. The summed E-state index contributed by atoms with van der Waals surface area (Å²) in [5, 5.41) is 7.89. The molecule has 6 nitrogen and oxygen atoms in total. The minimum Gasteiger partial charge on any atom is -0.368 e. The van der Waals surface area contributed by atoms with Crippen molar-refractivity contribution in [3.05, 3.63) is 77.4 Å². The van der Waals surface area contributed by atoms with Gasteiger partial charge in [0.15, 0.2) is 5.65 Å². The highest BCUT2D eigenvalue weighted by Crippen LogP contribution is 2.22. The fraction of sp³-hybridized carbons (Fsp3) is 0.143. The summed E-state index contributed by atoms with van der Waals surface area (Å²) < 4.78 is 15.6. The number of halogens is 1. The lowest BCUT2D eigenvalue weighted by atomic mass is 10.0. The maximum atomic E-state index is 13.9. The number of nitrogen functional groups attached to an aromatic ring is 1. The van der Waals surface area contributed by atoms with Gasteiger partial charge in [-0.1, -0.05) is 23.8 Å². The molecule has 0 amide bonds. The van der Waals surface area contributed by atoms with Crippen LogP contribution in [0.2, 0.25) is 0 Å². The molecule has 0 aliphatic rings. The Morgan fingerprint density at radius 1 is 1.11 bits per heavy atom. The Balaban J connectivity index is 1.52. The molecule has 0 saturated carbocycles. The van der Waals surface area contributed by atoms with Crippen LogP contribution in [0.25, 0.3) is 16.9 Å². The van der Waals surface area contributed by atoms with Gasteiger partial charge in [0.05, 0.1) is 5.69 Å². The first-order valence-electron chi connectivity index (χ1n) is 8.83. The molecule has 0 aliphatic carbocycles. The molecule has 0 spiro atoms. The van der Waals surface area contributed by atoms with E-state index in [0.717, 1.165) is 16.8 Å². The average Bonchev–Trinajstić information content (AvgIpc) is 3.07. The van der Waals surface area contributed by atoms with Crippen molar-refractivity contribution in [2.24, 2.45) is 0 Å². The summed E-state index contributed by atoms with van der Waals surface area (Å²) >= 11 is 0. The van der Waals surface area contributed by atoms with Crippen LogP contribution in [-0.4, -0.2) is 25.4 Å². The predicted molar refractivity (Wildman–Crippen MR) is 104 cm³/mol. The molecule has 7 heteroatoms. The van der Waals surface area contributed by atoms with Crippen molar-refractivity contribution in [1.29, 1.82) is 0 Å². The lowest BCUT2D eigenvalue weighted by Crippen LogP contribution is -2.09. The van der Waals surface area contributed by atoms with Crippen LogP contribution in [0.1, 0.15) is 16.8 Å². The second-order valence-corrected chi connectivity index (χ2v) is 6.69. The molecule has 28 heavy (non-hydrogen) atoms. The third-order valence-corrected chi connectivity index (χ3v) is 4.54. The number of hydrogen-bond donors (Lipinski definition) is 1. The number of Topliss-reactive ketones (excluding diaryl/α,β-unsaturated/α-hetero) is 1. The van der Waals surface area contributed by atoms with Gasteiger partial charge in [0, 0.05) is 30.3 Å². The Bertz CT molecular complexity index is 1170. The Morgan fingerprint density at radius 3 is 2.75 bits per heavy atom. The lowest BCUT2D eigenvalue weighted by Gasteiger charge is -2.07. The SMILES string of the molecule is Cc1ccc(F)c(CC(=O)Cc2ccc(-c3cccc4nnc(N)n34)cn2)c1. The Morgan fingerprint density at radius 2 is 1.96 bits per heavy atom. The topological polar surface area (TPSA) is 86.2 Å². The van der Waals surface area contributed by atoms with Crippen molar-refractivity contribution in [3.8, 4) is 11.3 Å². The summed E-state index contributed by atoms with van der Waals surface area (Å²) in [5.41, 5.74) is 10.2. The van der Waals surface area contributed by atoms with Crippen molar-refractivity contribution in [2.45, 2.75) is 19.8 Å². The van der Waals surface area contributed by atoms with E-state index in [9.17, 15) is 9.18 Å². The molecule has 0 radical (unpaired) electrons. The quantitative estimate of drug-likeness (QED) is 0.579. The highest BCUT2D eigenvalue weighted by atomic mass is 19.1. The third kappa shape index (κ3) is 3.46. The summed E-state index contributed by atoms with van der Waals surface area (Å²) in [4.78, 5) is 16.7. The van der Waals surface area contributed by atoms with Crippen LogP contribution in [0, 0.1) is 12.7 Å². The van der Waals surface area contributed by atoms with Crippen LogP contribution < -0.4 is 5.73 Å². The minimum absolute atomic E-state index is 0.0491. The van der Waals surface area contributed by atoms with Crippen molar-refractivity contribution < 1.29 is 9.18 Å². The van der Waals surface area contributed by atoms with E-state index in [4.69, 9.17) is 5.73 Å². The van der Waals surface area contributed by atoms with E-state index in [2.05, 4.69) is 15.2 Å². The Labute approximate surface area is 160 Å². The van der Waals surface area contributed by atoms with Crippen LogP contribution in [0.15, 0.2) is 54.7 Å². The van der Waals surface area contributed by atoms with Crippen molar-refractivity contribution >= 4 is 17.4 Å². The van der Waals surface area contributed by atoms with E-state index in [-0.39, 0.29) is 24.4 Å². The van der Waals surface area contributed by atoms with Gasteiger partial charge in [0.1, 0.15) is 11.6 Å². The first-order valence-corrected chi connectivity index (χ1v) is 8.83. The van der Waals surface area contributed by atoms with E-state index in [0.29, 0.717) is 22.9 Å². The summed E-state index contributed by atoms with van der Waals surface area (Å²) in [7, 11) is 0. The van der Waals surface area contributed by atoms with E-state index in [1.54, 1.807) is 28.8 Å². The number of aromatic nitrogens is 4. The monoisotopic (exact) mass is 375 g/mol. The van der Waals surface area contributed by atoms with Gasteiger partial charge < -0.3 is 5.73 Å². The summed E-state index contributed by atoms with van der Waals surface area (Å²) in [5.74, 6) is -0.151. The van der Waals surface area contributed by atoms with Crippen LogP contribution >= 0.6 is 0 Å². The van der Waals surface area contributed by atoms with Gasteiger partial charge in [-0.25, -0.2) is 4.39 Å². The van der Waals surface area contributed by atoms with Gasteiger partial charge >= 0.3 is 0 Å². The number of fused-ring (bicyclic) bond motifs is 1. The summed E-state index contributed by atoms with van der Waals surface area (Å²) in [6.07, 6.45) is 1.88. The number of carbonyl (C=O) groups is 1. The molecule has 0 saturated heterocycles. The van der Waals surface area contributed by atoms with E-state index >= 15 is 0 Å². The number of rotatable bonds is 5. The number of ketones is 1. The van der Waals surface area contributed by atoms with Crippen LogP contribution in [0.4, 0.5) is 10.3 Å². The maximum Gasteiger partial charge on any atom is 0.226 e. The molecule has 4 rings (SSSR count). The number of anilines is 1. The van der Waals surface area contributed by atoms with Crippen LogP contribution in [-0.2, 0) is 17.6 Å². The molecule has 140 valence electrons. The third-order valence-electron chi connectivity index (χ3n) is 4.54. The standard InChI is InChI=1S/C21H18FN5O/c1-13-5-8-18(22)15(9-13)10-17(28)11-16-7-6-14(12-24-16)19-3-2-4-20-25-26-21(23)27(19)20/h2-9,12H,10-11H2,1H3,(H2,23,26). The van der Waals surface area contributed by atoms with E-state index in [1.165, 1.54) is 6.07 Å². The normalized spacial score (nSPS) is 11.1. The zero-order chi connectivity index (χ0) is 19.7. The second kappa shape index (κ2) is 7.19. The van der Waals surface area contributed by atoms with Gasteiger partial charge in [-0.15, -0.1) is 10.2 Å². The zero-order valence-electron chi connectivity index (χ0n) is 15.3. The predicted octanol–water partition coefficient (Wildman–Crippen LogP) is 3.18. The average molecular weight is 375 g/mol. The molecule has 3 heterocycles. The van der Waals surface area contributed by atoms with Crippen molar-refractivity contribution in [3.63, 3.8) is 0 Å². The van der Waals surface area contributed by atoms with E-state index < -0.39 is 0 Å². The molecule has 0 fully saturated rings. The molecule has 0 atom stereocenters. The Hall–Kier alpha value is -3.61. The first-order chi connectivity index (χ1) is 13.5. The van der Waals surface area contributed by atoms with Gasteiger partial charge in [0.2, 0.25) is 5.95 Å². The number of pyridine rings is 2. The highest BCUT2D eigenvalue weighted by Gasteiger charge is 2.12. The molecule has 0 unspecified atom stereocenters. The number of aryl methyl sites for hydroxylation is 1. The van der Waals surface area contributed by atoms with Crippen molar-refractivity contribution in [1.82, 2.24) is 19.6 Å². The van der Waals surface area contributed by atoms with E-state index in [1.807, 2.05) is 31.2 Å². The Kier molecular flexibility index (Phi) is 4.57. The fourth-order valence-electron chi connectivity index (χ4n) is 3.19. The maximum absolute atomic E-state index is 13.9. The number of benzene rings is 1. The van der Waals surface area contributed by atoms with Gasteiger partial charge in [-0.05, 0) is 42.8 Å². The summed E-state index contributed by atoms with van der Waals surface area (Å²) in [6, 6.07) is 14.0. The lowest BCUT2D eigenvalue weighted by molar-refractivity contribution is -0.117. The highest BCUT2D eigenvalue weighted by molar-refractivity contribution is 5.83. The van der Waals surface area contributed by atoms with Crippen LogP contribution in [0.3, 0.4) is 0 Å². The molecule has 0 bridgehead atoms. The smallest absolute Gasteiger partial charge is 0.226 e. The molecule has 0 aliphatic heterocycles. The molecule has 1 aromatic carbocycles. The van der Waals surface area contributed by atoms with Gasteiger partial charge in [0.25, 0.3) is 0 Å². The molecular formula is C21H18FN5O. The minimum atomic E-state index is -0.359. The second-order valence-electron chi connectivity index (χ2n) is 6.69. The fourth-order valence-corrected chi connectivity index (χ4v) is 3.19. The summed E-state index contributed by atoms with van der Waals surface area (Å²) in [6.45, 7) is 1.87.